The molecule has 12 heteroatoms. The highest BCUT2D eigenvalue weighted by Gasteiger charge is 2.33. The molecule has 0 aliphatic carbocycles. The number of imidazole rings is 1. The first-order chi connectivity index (χ1) is 19.5. The van der Waals surface area contributed by atoms with Crippen molar-refractivity contribution in [3.8, 4) is 5.95 Å². The average molecular weight is 570 g/mol. The minimum atomic E-state index is -4.44. The van der Waals surface area contributed by atoms with Gasteiger partial charge in [-0.1, -0.05) is 12.1 Å². The summed E-state index contributed by atoms with van der Waals surface area (Å²) in [5.41, 5.74) is 2.31. The quantitative estimate of drug-likeness (QED) is 0.368. The number of hydrogen-bond donors (Lipinski definition) is 1. The Morgan fingerprint density at radius 3 is 2.34 bits per heavy atom. The van der Waals surface area contributed by atoms with E-state index >= 15 is 0 Å². The molecule has 0 saturated carbocycles. The molecule has 0 atom stereocenters. The predicted octanol–water partition coefficient (Wildman–Crippen LogP) is 4.29. The van der Waals surface area contributed by atoms with Crippen LogP contribution in [0.1, 0.15) is 38.2 Å². The lowest BCUT2D eigenvalue weighted by Gasteiger charge is -2.37. The van der Waals surface area contributed by atoms with Crippen LogP contribution in [0.3, 0.4) is 0 Å². The van der Waals surface area contributed by atoms with E-state index in [4.69, 9.17) is 19.7 Å². The molecule has 3 aromatic heterocycles. The largest absolute Gasteiger partial charge is 0.396 e. The number of benzene rings is 1. The molecule has 41 heavy (non-hydrogen) atoms. The van der Waals surface area contributed by atoms with Crippen LogP contribution in [0.15, 0.2) is 36.4 Å². The molecule has 6 rings (SSSR count). The van der Waals surface area contributed by atoms with Gasteiger partial charge in [-0.25, -0.2) is 15.0 Å². The molecule has 5 heterocycles. The van der Waals surface area contributed by atoms with Gasteiger partial charge in [-0.15, -0.1) is 0 Å². The van der Waals surface area contributed by atoms with E-state index in [-0.39, 0.29) is 17.7 Å². The monoisotopic (exact) mass is 569 g/mol. The summed E-state index contributed by atoms with van der Waals surface area (Å²) < 4.78 is 47.7. The number of para-hydroxylation sites is 2. The van der Waals surface area contributed by atoms with Crippen molar-refractivity contribution in [2.75, 3.05) is 44.3 Å². The standard InChI is InChI=1S/C29H34F3N7O2/c1-28(2,40)19-9-11-37(12-10-19)18-20-7-8-22-25(33-20)26(38-13-15-41-16-14-38)36-27(35-22)39-23-6-4-3-5-21(23)34-24(39)17-29(30,31)32/h3-8,19,40H,9-18H2,1-2H3. The molecule has 0 radical (unpaired) electrons. The second kappa shape index (κ2) is 10.8. The summed E-state index contributed by atoms with van der Waals surface area (Å²) in [4.78, 5) is 23.2. The fraction of sp³-hybridized carbons (Fsp3) is 0.517. The van der Waals surface area contributed by atoms with Crippen molar-refractivity contribution in [1.29, 1.82) is 0 Å². The molecule has 2 fully saturated rings. The van der Waals surface area contributed by atoms with Crippen molar-refractivity contribution in [1.82, 2.24) is 29.4 Å². The molecule has 0 bridgehead atoms. The van der Waals surface area contributed by atoms with Crippen LogP contribution >= 0.6 is 0 Å². The number of hydrogen-bond acceptors (Lipinski definition) is 8. The molecular weight excluding hydrogens is 535 g/mol. The summed E-state index contributed by atoms with van der Waals surface area (Å²) in [5, 5.41) is 10.4. The smallest absolute Gasteiger partial charge is 0.390 e. The number of aromatic nitrogens is 5. The highest BCUT2D eigenvalue weighted by molar-refractivity contribution is 5.87. The van der Waals surface area contributed by atoms with E-state index in [1.807, 2.05) is 26.0 Å². The predicted molar refractivity (Wildman–Crippen MR) is 149 cm³/mol. The van der Waals surface area contributed by atoms with Gasteiger partial charge in [-0.2, -0.15) is 18.2 Å². The second-order valence-electron chi connectivity index (χ2n) is 11.5. The number of halogens is 3. The lowest BCUT2D eigenvalue weighted by molar-refractivity contribution is -0.128. The Labute approximate surface area is 236 Å². The molecule has 0 amide bonds. The van der Waals surface area contributed by atoms with Gasteiger partial charge >= 0.3 is 6.18 Å². The van der Waals surface area contributed by atoms with Gasteiger partial charge in [0.2, 0.25) is 5.95 Å². The van der Waals surface area contributed by atoms with Crippen molar-refractivity contribution in [3.63, 3.8) is 0 Å². The summed E-state index contributed by atoms with van der Waals surface area (Å²) >= 11 is 0. The molecule has 1 aromatic carbocycles. The molecule has 4 aromatic rings. The first kappa shape index (κ1) is 27.8. The number of ether oxygens (including phenoxy) is 1. The molecule has 2 saturated heterocycles. The fourth-order valence-corrected chi connectivity index (χ4v) is 5.83. The fourth-order valence-electron chi connectivity index (χ4n) is 5.83. The summed E-state index contributed by atoms with van der Waals surface area (Å²) in [6.45, 7) is 8.35. The Balaban J connectivity index is 1.40. The van der Waals surface area contributed by atoms with Crippen LogP contribution in [0.5, 0.6) is 0 Å². The Kier molecular flexibility index (Phi) is 7.33. The topological polar surface area (TPSA) is 92.4 Å². The van der Waals surface area contributed by atoms with Crippen LogP contribution in [-0.2, 0) is 17.7 Å². The van der Waals surface area contributed by atoms with E-state index < -0.39 is 18.2 Å². The Morgan fingerprint density at radius 1 is 0.902 bits per heavy atom. The minimum absolute atomic E-state index is 0.134. The molecule has 2 aliphatic heterocycles. The number of likely N-dealkylation sites (tertiary alicyclic amines) is 1. The molecule has 0 spiro atoms. The van der Waals surface area contributed by atoms with Crippen molar-refractivity contribution < 1.29 is 23.0 Å². The number of fused-ring (bicyclic) bond motifs is 2. The van der Waals surface area contributed by atoms with Gasteiger partial charge in [0.1, 0.15) is 17.8 Å². The van der Waals surface area contributed by atoms with E-state index in [9.17, 15) is 18.3 Å². The maximum absolute atomic E-state index is 13.6. The number of nitrogens with zero attached hydrogens (tertiary/aromatic N) is 7. The van der Waals surface area contributed by atoms with Crippen LogP contribution in [0.25, 0.3) is 28.0 Å². The van der Waals surface area contributed by atoms with Gasteiger partial charge in [-0.3, -0.25) is 9.47 Å². The van der Waals surface area contributed by atoms with Crippen LogP contribution in [-0.4, -0.2) is 85.7 Å². The van der Waals surface area contributed by atoms with Crippen molar-refractivity contribution in [2.24, 2.45) is 5.92 Å². The molecule has 0 unspecified atom stereocenters. The van der Waals surface area contributed by atoms with E-state index in [2.05, 4.69) is 14.8 Å². The Morgan fingerprint density at radius 2 is 1.63 bits per heavy atom. The number of aliphatic hydroxyl groups is 1. The van der Waals surface area contributed by atoms with Gasteiger partial charge in [0.25, 0.3) is 0 Å². The third kappa shape index (κ3) is 6.00. The SMILES string of the molecule is CC(C)(O)C1CCN(Cc2ccc3nc(-n4c(CC(F)(F)F)nc5ccccc54)nc(N4CCOCC4)c3n2)CC1. The van der Waals surface area contributed by atoms with Gasteiger partial charge in [0, 0.05) is 19.6 Å². The summed E-state index contributed by atoms with van der Waals surface area (Å²) in [5.74, 6) is 0.816. The van der Waals surface area contributed by atoms with Crippen molar-refractivity contribution in [2.45, 2.75) is 51.4 Å². The lowest BCUT2D eigenvalue weighted by atomic mass is 9.83. The van der Waals surface area contributed by atoms with E-state index in [0.29, 0.717) is 60.7 Å². The molecule has 9 nitrogen and oxygen atoms in total. The summed E-state index contributed by atoms with van der Waals surface area (Å²) in [6, 6.07) is 10.7. The van der Waals surface area contributed by atoms with Crippen LogP contribution in [0.2, 0.25) is 0 Å². The number of alkyl halides is 3. The van der Waals surface area contributed by atoms with Crippen LogP contribution in [0, 0.1) is 5.92 Å². The van der Waals surface area contributed by atoms with Gasteiger partial charge < -0.3 is 14.7 Å². The second-order valence-corrected chi connectivity index (χ2v) is 11.5. The highest BCUT2D eigenvalue weighted by atomic mass is 19.4. The maximum Gasteiger partial charge on any atom is 0.396 e. The summed E-state index contributed by atoms with van der Waals surface area (Å²) in [6.07, 6.45) is -3.80. The third-order valence-corrected chi connectivity index (χ3v) is 8.04. The Hall–Kier alpha value is -3.35. The van der Waals surface area contributed by atoms with E-state index in [0.717, 1.165) is 31.6 Å². The minimum Gasteiger partial charge on any atom is -0.390 e. The normalized spacial score (nSPS) is 18.0. The zero-order valence-corrected chi connectivity index (χ0v) is 23.2. The number of piperidine rings is 1. The number of rotatable bonds is 6. The highest BCUT2D eigenvalue weighted by Crippen LogP contribution is 2.31. The number of anilines is 1. The number of morpholine rings is 1. The molecular formula is C29H34F3N7O2. The molecule has 218 valence electrons. The average Bonchev–Trinajstić information content (AvgIpc) is 3.29. The van der Waals surface area contributed by atoms with E-state index in [1.165, 1.54) is 4.57 Å². The maximum atomic E-state index is 13.6. The van der Waals surface area contributed by atoms with Crippen molar-refractivity contribution in [3.05, 3.63) is 47.9 Å². The number of pyridine rings is 1. The van der Waals surface area contributed by atoms with Gasteiger partial charge in [-0.05, 0) is 70.0 Å². The van der Waals surface area contributed by atoms with E-state index in [1.54, 1.807) is 24.3 Å². The van der Waals surface area contributed by atoms with Gasteiger partial charge in [0.05, 0.1) is 41.1 Å². The first-order valence-corrected chi connectivity index (χ1v) is 14.0. The zero-order chi connectivity index (χ0) is 28.8. The third-order valence-electron chi connectivity index (χ3n) is 8.04. The van der Waals surface area contributed by atoms with Crippen LogP contribution in [0.4, 0.5) is 19.0 Å². The summed E-state index contributed by atoms with van der Waals surface area (Å²) in [7, 11) is 0. The van der Waals surface area contributed by atoms with Crippen molar-refractivity contribution >= 4 is 27.9 Å². The lowest BCUT2D eigenvalue weighted by Crippen LogP contribution is -2.41. The molecule has 2 aliphatic rings. The zero-order valence-electron chi connectivity index (χ0n) is 23.2. The molecule has 1 N–H and O–H groups in total. The van der Waals surface area contributed by atoms with Crippen LogP contribution < -0.4 is 4.90 Å². The Bertz CT molecular complexity index is 1540. The van der Waals surface area contributed by atoms with Gasteiger partial charge in [0.15, 0.2) is 5.82 Å². The first-order valence-electron chi connectivity index (χ1n) is 14.0.